The first-order chi connectivity index (χ1) is 8.99. The largest absolute Gasteiger partial charge is 0.354 e. The Bertz CT molecular complexity index is 246. The highest BCUT2D eigenvalue weighted by atomic mass is 32.2. The molecule has 0 saturated heterocycles. The van der Waals surface area contributed by atoms with Gasteiger partial charge in [-0.1, -0.05) is 13.8 Å². The van der Waals surface area contributed by atoms with Gasteiger partial charge in [-0.05, 0) is 26.7 Å². The highest BCUT2D eigenvalue weighted by Crippen LogP contribution is 2.05. The van der Waals surface area contributed by atoms with E-state index in [0.717, 1.165) is 24.3 Å². The van der Waals surface area contributed by atoms with Gasteiger partial charge in [0.25, 0.3) is 0 Å². The lowest BCUT2D eigenvalue weighted by molar-refractivity contribution is -0.122. The number of rotatable bonds is 10. The van der Waals surface area contributed by atoms with E-state index in [1.165, 1.54) is 0 Å². The van der Waals surface area contributed by atoms with Crippen LogP contribution in [0.25, 0.3) is 0 Å². The number of hydrogen-bond donors (Lipinski definition) is 2. The molecule has 0 aromatic heterocycles. The van der Waals surface area contributed by atoms with Crippen LogP contribution in [0, 0.1) is 0 Å². The molecule has 0 spiro atoms. The molecule has 0 fully saturated rings. The molecule has 2 atom stereocenters. The summed E-state index contributed by atoms with van der Waals surface area (Å²) < 4.78 is 0. The Hall–Kier alpha value is -0.710. The van der Waals surface area contributed by atoms with Gasteiger partial charge in [-0.3, -0.25) is 9.59 Å². The lowest BCUT2D eigenvalue weighted by Crippen LogP contribution is -2.32. The Morgan fingerprint density at radius 3 is 1.58 bits per heavy atom. The van der Waals surface area contributed by atoms with Crippen LogP contribution >= 0.6 is 11.8 Å². The van der Waals surface area contributed by atoms with Crippen molar-refractivity contribution in [2.75, 3.05) is 11.5 Å². The molecule has 19 heavy (non-hydrogen) atoms. The standard InChI is InChI=1S/C14H28N2O2S/c1-5-11(3)15-13(17)7-9-19-10-8-14(18)16-12(4)6-2/h11-12H,5-10H2,1-4H3,(H,15,17)(H,16,18)/t11-,12-/m0/s1. The van der Waals surface area contributed by atoms with Crippen LogP contribution in [0.15, 0.2) is 0 Å². The molecule has 0 rings (SSSR count). The van der Waals surface area contributed by atoms with E-state index in [1.807, 2.05) is 13.8 Å². The van der Waals surface area contributed by atoms with Gasteiger partial charge in [0.15, 0.2) is 0 Å². The summed E-state index contributed by atoms with van der Waals surface area (Å²) in [5.74, 6) is 1.76. The van der Waals surface area contributed by atoms with Crippen LogP contribution in [0.2, 0.25) is 0 Å². The molecule has 0 radical (unpaired) electrons. The normalized spacial score (nSPS) is 13.7. The predicted molar refractivity (Wildman–Crippen MR) is 82.4 cm³/mol. The number of hydrogen-bond acceptors (Lipinski definition) is 3. The number of amides is 2. The fourth-order valence-electron chi connectivity index (χ4n) is 1.33. The van der Waals surface area contributed by atoms with Gasteiger partial charge in [-0.25, -0.2) is 0 Å². The highest BCUT2D eigenvalue weighted by molar-refractivity contribution is 7.99. The molecule has 0 heterocycles. The average molecular weight is 288 g/mol. The zero-order valence-electron chi connectivity index (χ0n) is 12.6. The first-order valence-electron chi connectivity index (χ1n) is 7.16. The maximum absolute atomic E-state index is 11.5. The third kappa shape index (κ3) is 10.9. The molecule has 2 N–H and O–H groups in total. The molecule has 0 saturated carbocycles. The van der Waals surface area contributed by atoms with E-state index in [9.17, 15) is 9.59 Å². The fraction of sp³-hybridized carbons (Fsp3) is 0.857. The zero-order chi connectivity index (χ0) is 14.7. The fourth-order valence-corrected chi connectivity index (χ4v) is 2.19. The van der Waals surface area contributed by atoms with Crippen molar-refractivity contribution >= 4 is 23.6 Å². The lowest BCUT2D eigenvalue weighted by atomic mass is 10.2. The third-order valence-corrected chi connectivity index (χ3v) is 3.97. The molecule has 0 unspecified atom stereocenters. The van der Waals surface area contributed by atoms with Crippen molar-refractivity contribution in [1.29, 1.82) is 0 Å². The number of carbonyl (C=O) groups excluding carboxylic acids is 2. The second kappa shape index (κ2) is 11.1. The molecule has 0 aromatic rings. The van der Waals surface area contributed by atoms with Gasteiger partial charge in [-0.2, -0.15) is 11.8 Å². The molecule has 0 aliphatic carbocycles. The van der Waals surface area contributed by atoms with Gasteiger partial charge in [0.1, 0.15) is 0 Å². The topological polar surface area (TPSA) is 58.2 Å². The Morgan fingerprint density at radius 1 is 0.895 bits per heavy atom. The molecule has 0 aliphatic rings. The molecule has 5 heteroatoms. The quantitative estimate of drug-likeness (QED) is 0.607. The first-order valence-corrected chi connectivity index (χ1v) is 8.31. The van der Waals surface area contributed by atoms with Crippen LogP contribution in [-0.4, -0.2) is 35.4 Å². The van der Waals surface area contributed by atoms with Crippen LogP contribution in [-0.2, 0) is 9.59 Å². The van der Waals surface area contributed by atoms with Crippen molar-refractivity contribution in [3.8, 4) is 0 Å². The highest BCUT2D eigenvalue weighted by Gasteiger charge is 2.07. The van der Waals surface area contributed by atoms with Crippen molar-refractivity contribution in [2.24, 2.45) is 0 Å². The Labute approximate surface area is 121 Å². The van der Waals surface area contributed by atoms with Crippen molar-refractivity contribution in [1.82, 2.24) is 10.6 Å². The molecule has 0 aliphatic heterocycles. The van der Waals surface area contributed by atoms with Crippen molar-refractivity contribution in [3.63, 3.8) is 0 Å². The second-order valence-corrected chi connectivity index (χ2v) is 6.09. The van der Waals surface area contributed by atoms with E-state index in [-0.39, 0.29) is 23.9 Å². The SMILES string of the molecule is CC[C@H](C)NC(=O)CCSCCC(=O)N[C@@H](C)CC. The van der Waals surface area contributed by atoms with E-state index in [2.05, 4.69) is 24.5 Å². The minimum atomic E-state index is 0.103. The van der Waals surface area contributed by atoms with E-state index in [1.54, 1.807) is 11.8 Å². The Morgan fingerprint density at radius 2 is 1.26 bits per heavy atom. The van der Waals surface area contributed by atoms with Gasteiger partial charge in [0.05, 0.1) is 0 Å². The van der Waals surface area contributed by atoms with Crippen molar-refractivity contribution in [2.45, 2.75) is 65.5 Å². The maximum Gasteiger partial charge on any atom is 0.221 e. The molecule has 0 aromatic carbocycles. The summed E-state index contributed by atoms with van der Waals surface area (Å²) in [7, 11) is 0. The van der Waals surface area contributed by atoms with E-state index in [4.69, 9.17) is 0 Å². The Balaban J connectivity index is 3.49. The van der Waals surface area contributed by atoms with Gasteiger partial charge in [0, 0.05) is 36.4 Å². The van der Waals surface area contributed by atoms with Crippen LogP contribution in [0.3, 0.4) is 0 Å². The van der Waals surface area contributed by atoms with E-state index < -0.39 is 0 Å². The molecule has 0 bridgehead atoms. The van der Waals surface area contributed by atoms with Crippen LogP contribution in [0.4, 0.5) is 0 Å². The zero-order valence-corrected chi connectivity index (χ0v) is 13.4. The molecular formula is C14H28N2O2S. The van der Waals surface area contributed by atoms with Crippen LogP contribution in [0.1, 0.15) is 53.4 Å². The first kappa shape index (κ1) is 18.3. The Kier molecular flexibility index (Phi) is 10.7. The van der Waals surface area contributed by atoms with Crippen molar-refractivity contribution in [3.05, 3.63) is 0 Å². The summed E-state index contributed by atoms with van der Waals surface area (Å²) in [6.45, 7) is 8.11. The minimum Gasteiger partial charge on any atom is -0.354 e. The summed E-state index contributed by atoms with van der Waals surface area (Å²) in [6, 6.07) is 0.498. The van der Waals surface area contributed by atoms with Gasteiger partial charge < -0.3 is 10.6 Å². The van der Waals surface area contributed by atoms with Crippen LogP contribution < -0.4 is 10.6 Å². The molecule has 112 valence electrons. The molecular weight excluding hydrogens is 260 g/mol. The average Bonchev–Trinajstić information content (AvgIpc) is 2.37. The van der Waals surface area contributed by atoms with Gasteiger partial charge in [-0.15, -0.1) is 0 Å². The third-order valence-electron chi connectivity index (χ3n) is 2.99. The smallest absolute Gasteiger partial charge is 0.221 e. The maximum atomic E-state index is 11.5. The monoisotopic (exact) mass is 288 g/mol. The number of thioether (sulfide) groups is 1. The molecule has 2 amide bonds. The van der Waals surface area contributed by atoms with Crippen molar-refractivity contribution < 1.29 is 9.59 Å². The summed E-state index contributed by atoms with van der Waals surface area (Å²) in [5.41, 5.74) is 0. The summed E-state index contributed by atoms with van der Waals surface area (Å²) in [5, 5.41) is 5.86. The summed E-state index contributed by atoms with van der Waals surface area (Å²) in [6.07, 6.45) is 2.97. The van der Waals surface area contributed by atoms with Gasteiger partial charge >= 0.3 is 0 Å². The van der Waals surface area contributed by atoms with Crippen LogP contribution in [0.5, 0.6) is 0 Å². The number of carbonyl (C=O) groups is 2. The number of nitrogens with one attached hydrogen (secondary N) is 2. The predicted octanol–water partition coefficient (Wildman–Crippen LogP) is 2.33. The van der Waals surface area contributed by atoms with Gasteiger partial charge in [0.2, 0.25) is 11.8 Å². The lowest BCUT2D eigenvalue weighted by Gasteiger charge is -2.12. The second-order valence-electron chi connectivity index (χ2n) is 4.87. The molecule has 4 nitrogen and oxygen atoms in total. The van der Waals surface area contributed by atoms with E-state index >= 15 is 0 Å². The summed E-state index contributed by atoms with van der Waals surface area (Å²) in [4.78, 5) is 23.0. The minimum absolute atomic E-state index is 0.103. The van der Waals surface area contributed by atoms with E-state index in [0.29, 0.717) is 12.8 Å². The summed E-state index contributed by atoms with van der Waals surface area (Å²) >= 11 is 1.66.